The SMILES string of the molecule is C(#Cc1ccc2[nH]ccc2c1)CCN1C=CC(C2=CCC=CC2)=CC1. The molecule has 1 aromatic heterocycles. The van der Waals surface area contributed by atoms with Crippen LogP contribution in [0.3, 0.4) is 0 Å². The van der Waals surface area contributed by atoms with Gasteiger partial charge in [0.15, 0.2) is 0 Å². The predicted octanol–water partition coefficient (Wildman–Crippen LogP) is 4.94. The predicted molar refractivity (Wildman–Crippen MR) is 105 cm³/mol. The van der Waals surface area contributed by atoms with Crippen molar-refractivity contribution >= 4 is 10.9 Å². The molecule has 1 aliphatic carbocycles. The minimum atomic E-state index is 0.879. The Hall–Kier alpha value is -2.92. The van der Waals surface area contributed by atoms with Crippen LogP contribution in [0.25, 0.3) is 10.9 Å². The summed E-state index contributed by atoms with van der Waals surface area (Å²) in [5, 5.41) is 1.22. The third-order valence-electron chi connectivity index (χ3n) is 4.70. The van der Waals surface area contributed by atoms with E-state index in [-0.39, 0.29) is 0 Å². The molecule has 0 saturated carbocycles. The van der Waals surface area contributed by atoms with Crippen molar-refractivity contribution in [2.75, 3.05) is 13.1 Å². The molecule has 2 aromatic rings. The van der Waals surface area contributed by atoms with Crippen molar-refractivity contribution < 1.29 is 0 Å². The molecule has 2 nitrogen and oxygen atoms in total. The molecule has 2 heterocycles. The lowest BCUT2D eigenvalue weighted by Gasteiger charge is -2.23. The summed E-state index contributed by atoms with van der Waals surface area (Å²) in [4.78, 5) is 5.53. The average molecular weight is 326 g/mol. The van der Waals surface area contributed by atoms with E-state index in [9.17, 15) is 0 Å². The van der Waals surface area contributed by atoms with Gasteiger partial charge in [0.1, 0.15) is 0 Å². The fourth-order valence-electron chi connectivity index (χ4n) is 3.27. The van der Waals surface area contributed by atoms with Gasteiger partial charge in [0.2, 0.25) is 0 Å². The highest BCUT2D eigenvalue weighted by Crippen LogP contribution is 2.23. The van der Waals surface area contributed by atoms with Crippen LogP contribution in [-0.4, -0.2) is 23.0 Å². The number of nitrogens with zero attached hydrogens (tertiary/aromatic N) is 1. The van der Waals surface area contributed by atoms with Crippen molar-refractivity contribution in [3.05, 3.63) is 83.8 Å². The fraction of sp³-hybridized carbons (Fsp3) is 0.217. The smallest absolute Gasteiger partial charge is 0.0454 e. The quantitative estimate of drug-likeness (QED) is 0.625. The molecule has 25 heavy (non-hydrogen) atoms. The van der Waals surface area contributed by atoms with Crippen LogP contribution < -0.4 is 0 Å². The first-order valence-corrected chi connectivity index (χ1v) is 8.91. The molecule has 124 valence electrons. The van der Waals surface area contributed by atoms with E-state index < -0.39 is 0 Å². The zero-order valence-corrected chi connectivity index (χ0v) is 14.3. The minimum Gasteiger partial charge on any atom is -0.373 e. The zero-order chi connectivity index (χ0) is 16.9. The summed E-state index contributed by atoms with van der Waals surface area (Å²) in [5.41, 5.74) is 5.08. The molecule has 0 spiro atoms. The van der Waals surface area contributed by atoms with Crippen LogP contribution in [-0.2, 0) is 0 Å². The summed E-state index contributed by atoms with van der Waals surface area (Å²) in [5.74, 6) is 6.58. The molecule has 4 rings (SSSR count). The number of benzene rings is 1. The van der Waals surface area contributed by atoms with Gasteiger partial charge in [-0.3, -0.25) is 0 Å². The van der Waals surface area contributed by atoms with Crippen LogP contribution in [0, 0.1) is 11.8 Å². The van der Waals surface area contributed by atoms with Crippen molar-refractivity contribution in [1.82, 2.24) is 9.88 Å². The van der Waals surface area contributed by atoms with E-state index in [1.54, 1.807) is 0 Å². The Bertz CT molecular complexity index is 941. The second-order valence-corrected chi connectivity index (χ2v) is 6.44. The van der Waals surface area contributed by atoms with Crippen LogP contribution in [0.2, 0.25) is 0 Å². The summed E-state index contributed by atoms with van der Waals surface area (Å²) in [6, 6.07) is 8.39. The maximum Gasteiger partial charge on any atom is 0.0454 e. The molecule has 1 N–H and O–H groups in total. The summed E-state index contributed by atoms with van der Waals surface area (Å²) in [6.45, 7) is 1.95. The standard InChI is InChI=1S/C23H22N2/c1-2-7-20(8-3-1)21-12-16-25(17-13-21)15-5-4-6-19-9-10-23-22(18-19)11-14-24-23/h1-2,8-14,16,18,24H,3,5,7,15,17H2. The number of aromatic nitrogens is 1. The van der Waals surface area contributed by atoms with E-state index in [0.29, 0.717) is 0 Å². The molecular weight excluding hydrogens is 304 g/mol. The number of allylic oxidation sites excluding steroid dienone is 6. The Morgan fingerprint density at radius 1 is 1.12 bits per heavy atom. The largest absolute Gasteiger partial charge is 0.373 e. The van der Waals surface area contributed by atoms with Gasteiger partial charge >= 0.3 is 0 Å². The van der Waals surface area contributed by atoms with Crippen LogP contribution in [0.15, 0.2) is 78.2 Å². The lowest BCUT2D eigenvalue weighted by atomic mass is 9.96. The minimum absolute atomic E-state index is 0.879. The summed E-state index contributed by atoms with van der Waals surface area (Å²) >= 11 is 0. The molecule has 0 bridgehead atoms. The maximum absolute atomic E-state index is 3.30. The summed E-state index contributed by atoms with van der Waals surface area (Å²) in [6.07, 6.45) is 18.6. The van der Waals surface area contributed by atoms with Crippen molar-refractivity contribution in [3.63, 3.8) is 0 Å². The Morgan fingerprint density at radius 3 is 2.96 bits per heavy atom. The highest BCUT2D eigenvalue weighted by molar-refractivity contribution is 5.80. The van der Waals surface area contributed by atoms with Gasteiger partial charge in [0.05, 0.1) is 0 Å². The first-order chi connectivity index (χ1) is 12.4. The second kappa shape index (κ2) is 7.32. The highest BCUT2D eigenvalue weighted by atomic mass is 15.1. The number of nitrogens with one attached hydrogen (secondary N) is 1. The van der Waals surface area contributed by atoms with E-state index in [4.69, 9.17) is 0 Å². The molecule has 1 aliphatic heterocycles. The molecule has 0 unspecified atom stereocenters. The first kappa shape index (κ1) is 15.6. The van der Waals surface area contributed by atoms with Crippen LogP contribution in [0.1, 0.15) is 24.8 Å². The molecule has 0 amide bonds. The highest BCUT2D eigenvalue weighted by Gasteiger charge is 2.08. The Balaban J connectivity index is 1.29. The van der Waals surface area contributed by atoms with Gasteiger partial charge in [-0.25, -0.2) is 0 Å². The third kappa shape index (κ3) is 3.78. The molecule has 0 atom stereocenters. The lowest BCUT2D eigenvalue weighted by molar-refractivity contribution is 0.420. The van der Waals surface area contributed by atoms with Crippen molar-refractivity contribution in [1.29, 1.82) is 0 Å². The van der Waals surface area contributed by atoms with Crippen molar-refractivity contribution in [2.24, 2.45) is 0 Å². The summed E-state index contributed by atoms with van der Waals surface area (Å²) in [7, 11) is 0. The van der Waals surface area contributed by atoms with Gasteiger partial charge in [-0.15, -0.1) is 0 Å². The van der Waals surface area contributed by atoms with E-state index in [1.165, 1.54) is 16.5 Å². The Kier molecular flexibility index (Phi) is 4.57. The van der Waals surface area contributed by atoms with E-state index in [2.05, 4.69) is 82.6 Å². The number of hydrogen-bond donors (Lipinski definition) is 1. The van der Waals surface area contributed by atoms with Crippen molar-refractivity contribution in [2.45, 2.75) is 19.3 Å². The average Bonchev–Trinajstić information content (AvgIpc) is 3.14. The first-order valence-electron chi connectivity index (χ1n) is 8.91. The van der Waals surface area contributed by atoms with Gasteiger partial charge in [-0.1, -0.05) is 36.1 Å². The van der Waals surface area contributed by atoms with Gasteiger partial charge in [0.25, 0.3) is 0 Å². The number of H-pyrrole nitrogens is 1. The van der Waals surface area contributed by atoms with Crippen LogP contribution in [0.5, 0.6) is 0 Å². The zero-order valence-electron chi connectivity index (χ0n) is 14.3. The van der Waals surface area contributed by atoms with Crippen LogP contribution in [0.4, 0.5) is 0 Å². The molecular formula is C23H22N2. The lowest BCUT2D eigenvalue weighted by Crippen LogP contribution is -2.21. The number of fused-ring (bicyclic) bond motifs is 1. The molecule has 1 aromatic carbocycles. The molecule has 0 radical (unpaired) electrons. The van der Waals surface area contributed by atoms with E-state index in [0.717, 1.165) is 43.4 Å². The Morgan fingerprint density at radius 2 is 2.12 bits per heavy atom. The monoisotopic (exact) mass is 326 g/mol. The molecule has 2 heteroatoms. The van der Waals surface area contributed by atoms with E-state index in [1.807, 2.05) is 6.20 Å². The molecule has 0 fully saturated rings. The molecule has 2 aliphatic rings. The Labute approximate surface area is 149 Å². The van der Waals surface area contributed by atoms with E-state index >= 15 is 0 Å². The fourth-order valence-corrected chi connectivity index (χ4v) is 3.27. The number of aromatic amines is 1. The maximum atomic E-state index is 3.30. The second-order valence-electron chi connectivity index (χ2n) is 6.44. The third-order valence-corrected chi connectivity index (χ3v) is 4.70. The molecule has 0 saturated heterocycles. The van der Waals surface area contributed by atoms with Gasteiger partial charge < -0.3 is 9.88 Å². The summed E-state index contributed by atoms with van der Waals surface area (Å²) < 4.78 is 0. The number of hydrogen-bond acceptors (Lipinski definition) is 1. The van der Waals surface area contributed by atoms with Gasteiger partial charge in [-0.05, 0) is 60.5 Å². The van der Waals surface area contributed by atoms with Crippen molar-refractivity contribution in [3.8, 4) is 11.8 Å². The number of rotatable bonds is 3. The van der Waals surface area contributed by atoms with Gasteiger partial charge in [-0.2, -0.15) is 0 Å². The normalized spacial score (nSPS) is 16.4. The van der Waals surface area contributed by atoms with Gasteiger partial charge in [0, 0.05) is 42.2 Å². The topological polar surface area (TPSA) is 19.0 Å². The van der Waals surface area contributed by atoms with Crippen LogP contribution >= 0.6 is 0 Å².